The van der Waals surface area contributed by atoms with Gasteiger partial charge in [-0.3, -0.25) is 4.79 Å². The van der Waals surface area contributed by atoms with E-state index < -0.39 is 17.9 Å². The second-order valence-electron chi connectivity index (χ2n) is 9.59. The number of benzene rings is 4. The van der Waals surface area contributed by atoms with Crippen LogP contribution in [0.3, 0.4) is 0 Å². The van der Waals surface area contributed by atoms with Crippen molar-refractivity contribution in [3.05, 3.63) is 119 Å². The van der Waals surface area contributed by atoms with Crippen LogP contribution in [0.2, 0.25) is 0 Å². The summed E-state index contributed by atoms with van der Waals surface area (Å²) in [6.07, 6.45) is 6.28. The monoisotopic (exact) mass is 551 g/mol. The van der Waals surface area contributed by atoms with Gasteiger partial charge in [0.2, 0.25) is 0 Å². The zero-order chi connectivity index (χ0) is 28.5. The molecule has 0 radical (unpaired) electrons. The fraction of sp³-hybridized carbons (Fsp3) is 0.176. The number of carbonyl (C=O) groups is 2. The molecule has 0 saturated heterocycles. The van der Waals surface area contributed by atoms with E-state index in [9.17, 15) is 14.7 Å². The average molecular weight is 552 g/mol. The number of amides is 1. The highest BCUT2D eigenvalue weighted by molar-refractivity contribution is 7.98. The van der Waals surface area contributed by atoms with Gasteiger partial charge in [-0.1, -0.05) is 66.7 Å². The van der Waals surface area contributed by atoms with Crippen LogP contribution in [0.1, 0.15) is 39.0 Å². The number of aryl methyl sites for hydroxylation is 2. The van der Waals surface area contributed by atoms with Gasteiger partial charge in [0.25, 0.3) is 5.91 Å². The Morgan fingerprint density at radius 1 is 0.850 bits per heavy atom. The Morgan fingerprint density at radius 2 is 1.57 bits per heavy atom. The molecule has 6 heteroatoms. The molecule has 0 bridgehead atoms. The van der Waals surface area contributed by atoms with Crippen molar-refractivity contribution in [1.29, 1.82) is 0 Å². The van der Waals surface area contributed by atoms with Gasteiger partial charge in [-0.05, 0) is 102 Å². The zero-order valence-corrected chi connectivity index (χ0v) is 23.7. The molecule has 0 aliphatic carbocycles. The number of carbonyl (C=O) groups excluding carboxylic acids is 1. The van der Waals surface area contributed by atoms with Crippen molar-refractivity contribution >= 4 is 35.8 Å². The van der Waals surface area contributed by atoms with E-state index >= 15 is 0 Å². The Morgan fingerprint density at radius 3 is 2.27 bits per heavy atom. The molecule has 0 fully saturated rings. The number of aliphatic carboxylic acids is 1. The minimum atomic E-state index is -1.03. The smallest absolute Gasteiger partial charge is 0.326 e. The number of hydrogen-bond donors (Lipinski definition) is 2. The summed E-state index contributed by atoms with van der Waals surface area (Å²) in [4.78, 5) is 25.0. The summed E-state index contributed by atoms with van der Waals surface area (Å²) in [6.45, 7) is 4.03. The summed E-state index contributed by atoms with van der Waals surface area (Å²) in [5, 5.41) is 12.3. The lowest BCUT2D eigenvalue weighted by atomic mass is 9.93. The summed E-state index contributed by atoms with van der Waals surface area (Å²) >= 11 is 1.55. The molecule has 5 nitrogen and oxygen atoms in total. The van der Waals surface area contributed by atoms with E-state index in [-0.39, 0.29) is 0 Å². The molecule has 1 amide bonds. The summed E-state index contributed by atoms with van der Waals surface area (Å²) in [6, 6.07) is 28.3. The lowest BCUT2D eigenvalue weighted by molar-refractivity contribution is -0.139. The summed E-state index contributed by atoms with van der Waals surface area (Å²) < 4.78 is 5.95. The van der Waals surface area contributed by atoms with E-state index in [1.165, 1.54) is 0 Å². The molecule has 4 aromatic carbocycles. The first-order valence-corrected chi connectivity index (χ1v) is 14.5. The van der Waals surface area contributed by atoms with Crippen molar-refractivity contribution in [3.63, 3.8) is 0 Å². The van der Waals surface area contributed by atoms with Crippen LogP contribution in [0.4, 0.5) is 0 Å². The maximum atomic E-state index is 13.3. The third-order valence-corrected chi connectivity index (χ3v) is 7.16. The Balaban J connectivity index is 1.58. The molecule has 204 valence electrons. The van der Waals surface area contributed by atoms with E-state index in [2.05, 4.69) is 5.32 Å². The minimum Gasteiger partial charge on any atom is -0.480 e. The molecule has 1 unspecified atom stereocenters. The SMILES string of the molecule is CSCCC(NC(=O)c1ccc(/C=C/c2ccc(Oc3cccc(C)c3)cc2)cc1-c1ccccc1C)C(=O)O. The number of nitrogens with one attached hydrogen (secondary N) is 1. The van der Waals surface area contributed by atoms with Gasteiger partial charge in [0.05, 0.1) is 0 Å². The molecule has 0 aliphatic heterocycles. The first-order chi connectivity index (χ1) is 19.3. The van der Waals surface area contributed by atoms with Crippen LogP contribution in [-0.4, -0.2) is 35.0 Å². The third kappa shape index (κ3) is 7.64. The predicted molar refractivity (Wildman–Crippen MR) is 165 cm³/mol. The van der Waals surface area contributed by atoms with Gasteiger partial charge in [-0.25, -0.2) is 4.79 Å². The molecule has 0 heterocycles. The normalized spacial score (nSPS) is 11.8. The highest BCUT2D eigenvalue weighted by Gasteiger charge is 2.22. The van der Waals surface area contributed by atoms with Crippen molar-refractivity contribution < 1.29 is 19.4 Å². The maximum Gasteiger partial charge on any atom is 0.326 e. The van der Waals surface area contributed by atoms with Crippen molar-refractivity contribution in [2.24, 2.45) is 0 Å². The summed E-state index contributed by atoms with van der Waals surface area (Å²) in [5.41, 5.74) is 6.23. The molecule has 4 rings (SSSR count). The zero-order valence-electron chi connectivity index (χ0n) is 22.9. The molecule has 0 saturated carbocycles. The minimum absolute atomic E-state index is 0.359. The van der Waals surface area contributed by atoms with Crippen LogP contribution < -0.4 is 10.1 Å². The van der Waals surface area contributed by atoms with Gasteiger partial charge in [0, 0.05) is 5.56 Å². The molecule has 40 heavy (non-hydrogen) atoms. The molecule has 2 N–H and O–H groups in total. The quantitative estimate of drug-likeness (QED) is 0.186. The highest BCUT2D eigenvalue weighted by atomic mass is 32.2. The fourth-order valence-corrected chi connectivity index (χ4v) is 4.82. The standard InChI is InChI=1S/C34H33NO4S/c1-23-7-6-9-28(21-23)39-27-16-13-25(14-17-27)11-12-26-15-18-30(31(22-26)29-10-5-4-8-24(29)2)33(36)35-32(34(37)38)19-20-40-3/h4-18,21-22,32H,19-20H2,1-3H3,(H,35,36)(H,37,38)/b12-11+. The van der Waals surface area contributed by atoms with Crippen molar-refractivity contribution in [3.8, 4) is 22.6 Å². The molecule has 0 aromatic heterocycles. The second-order valence-corrected chi connectivity index (χ2v) is 10.6. The molecule has 4 aromatic rings. The lowest BCUT2D eigenvalue weighted by Crippen LogP contribution is -2.41. The topological polar surface area (TPSA) is 75.6 Å². The fourth-order valence-electron chi connectivity index (χ4n) is 4.34. The van der Waals surface area contributed by atoms with Gasteiger partial charge in [-0.2, -0.15) is 11.8 Å². The van der Waals surface area contributed by atoms with E-state index in [1.807, 2.05) is 117 Å². The van der Waals surface area contributed by atoms with Gasteiger partial charge in [0.15, 0.2) is 0 Å². The van der Waals surface area contributed by atoms with Crippen LogP contribution in [-0.2, 0) is 4.79 Å². The maximum absolute atomic E-state index is 13.3. The van der Waals surface area contributed by atoms with Crippen molar-refractivity contribution in [1.82, 2.24) is 5.32 Å². The Labute approximate surface area is 239 Å². The van der Waals surface area contributed by atoms with Crippen molar-refractivity contribution in [2.45, 2.75) is 26.3 Å². The van der Waals surface area contributed by atoms with Crippen molar-refractivity contribution in [2.75, 3.05) is 12.0 Å². The van der Waals surface area contributed by atoms with Gasteiger partial charge >= 0.3 is 5.97 Å². The number of carboxylic acid groups (broad SMARTS) is 1. The summed E-state index contributed by atoms with van der Waals surface area (Å²) in [7, 11) is 0. The Bertz CT molecular complexity index is 1510. The van der Waals surface area contributed by atoms with E-state index in [4.69, 9.17) is 4.74 Å². The first kappa shape index (κ1) is 28.7. The predicted octanol–water partition coefficient (Wildman–Crippen LogP) is 7.87. The van der Waals surface area contributed by atoms with E-state index in [0.29, 0.717) is 17.7 Å². The lowest BCUT2D eigenvalue weighted by Gasteiger charge is -2.17. The molecule has 1 atom stereocenters. The number of carboxylic acids is 1. The second kappa shape index (κ2) is 13.7. The third-order valence-electron chi connectivity index (χ3n) is 6.51. The average Bonchev–Trinajstić information content (AvgIpc) is 2.95. The number of hydrogen-bond acceptors (Lipinski definition) is 4. The number of ether oxygens (including phenoxy) is 1. The largest absolute Gasteiger partial charge is 0.480 e. The molecule has 0 aliphatic rings. The van der Waals surface area contributed by atoms with Gasteiger partial charge < -0.3 is 15.2 Å². The highest BCUT2D eigenvalue weighted by Crippen LogP contribution is 2.29. The van der Waals surface area contributed by atoms with Crippen LogP contribution in [0.25, 0.3) is 23.3 Å². The van der Waals surface area contributed by atoms with Gasteiger partial charge in [0.1, 0.15) is 17.5 Å². The molecular weight excluding hydrogens is 518 g/mol. The summed E-state index contributed by atoms with van der Waals surface area (Å²) in [5.74, 6) is 0.776. The van der Waals surface area contributed by atoms with Crippen LogP contribution in [0.5, 0.6) is 11.5 Å². The molecule has 0 spiro atoms. The van der Waals surface area contributed by atoms with E-state index in [1.54, 1.807) is 17.8 Å². The van der Waals surface area contributed by atoms with Crippen LogP contribution in [0, 0.1) is 13.8 Å². The number of thioether (sulfide) groups is 1. The number of rotatable bonds is 11. The van der Waals surface area contributed by atoms with Crippen LogP contribution in [0.15, 0.2) is 91.0 Å². The Hall–Kier alpha value is -4.29. The first-order valence-electron chi connectivity index (χ1n) is 13.1. The van der Waals surface area contributed by atoms with Gasteiger partial charge in [-0.15, -0.1) is 0 Å². The van der Waals surface area contributed by atoms with E-state index in [0.717, 1.165) is 44.9 Å². The molecular formula is C34H33NO4S. The Kier molecular flexibility index (Phi) is 9.81. The van der Waals surface area contributed by atoms with Crippen LogP contribution >= 0.6 is 11.8 Å².